The maximum Gasteiger partial charge on any atom is 0.325 e. The molecule has 1 aromatic carbocycles. The number of carboxylic acids is 2. The van der Waals surface area contributed by atoms with E-state index in [2.05, 4.69) is 26.6 Å². The van der Waals surface area contributed by atoms with Crippen molar-refractivity contribution in [3.05, 3.63) is 29.8 Å². The van der Waals surface area contributed by atoms with Crippen LogP contribution in [0.5, 0.6) is 0 Å². The Balaban J connectivity index is 1.16. The average Bonchev–Trinajstić information content (AvgIpc) is 3.73. The van der Waals surface area contributed by atoms with Crippen LogP contribution in [0, 0.1) is 0 Å². The molecule has 3 fully saturated rings. The van der Waals surface area contributed by atoms with Crippen LogP contribution in [-0.2, 0) is 25.6 Å². The summed E-state index contributed by atoms with van der Waals surface area (Å²) >= 11 is 1.87. The van der Waals surface area contributed by atoms with E-state index in [1.54, 1.807) is 43.9 Å². The van der Waals surface area contributed by atoms with E-state index in [-0.39, 0.29) is 63.5 Å². The number of carboxylic acid groups (broad SMARTS) is 2. The van der Waals surface area contributed by atoms with Gasteiger partial charge in [0.25, 0.3) is 0 Å². The number of hydrogen-bond donors (Lipinski definition) is 9. The van der Waals surface area contributed by atoms with Gasteiger partial charge in [-0.3, -0.25) is 44.1 Å². The highest BCUT2D eigenvalue weighted by molar-refractivity contribution is 8.00. The number of urea groups is 2. The van der Waals surface area contributed by atoms with Gasteiger partial charge in [-0.15, -0.1) is 0 Å². The van der Waals surface area contributed by atoms with E-state index in [1.165, 1.54) is 0 Å². The van der Waals surface area contributed by atoms with Crippen molar-refractivity contribution in [1.29, 1.82) is 0 Å². The fourth-order valence-corrected chi connectivity index (χ4v) is 9.01. The van der Waals surface area contributed by atoms with Crippen molar-refractivity contribution >= 4 is 53.3 Å². The first-order valence-corrected chi connectivity index (χ1v) is 21.2. The van der Waals surface area contributed by atoms with Crippen molar-refractivity contribution in [2.45, 2.75) is 81.2 Å². The maximum atomic E-state index is 12.6. The number of anilines is 1. The molecular weight excluding hydrogens is 775 g/mol. The minimum absolute atomic E-state index is 0.000475. The monoisotopic (exact) mass is 835 g/mol. The molecule has 4 unspecified atom stereocenters. The van der Waals surface area contributed by atoms with E-state index in [9.17, 15) is 49.2 Å². The number of benzene rings is 1. The zero-order valence-corrected chi connectivity index (χ0v) is 33.9. The number of imide groups is 1. The van der Waals surface area contributed by atoms with Crippen LogP contribution in [0.25, 0.3) is 0 Å². The molecule has 4 rings (SSSR count). The fraction of sp³-hybridized carbons (Fsp3) is 0.684. The molecule has 3 aliphatic heterocycles. The number of hydrogen-bond acceptors (Lipinski definition) is 13. The van der Waals surface area contributed by atoms with Crippen molar-refractivity contribution in [2.24, 2.45) is 0 Å². The Morgan fingerprint density at radius 3 is 2.07 bits per heavy atom. The Labute approximate surface area is 343 Å². The van der Waals surface area contributed by atoms with E-state index >= 15 is 0 Å². The number of amides is 6. The van der Waals surface area contributed by atoms with Gasteiger partial charge >= 0.3 is 24.0 Å². The number of carbonyl (C=O) groups excluding carboxylic acids is 4. The van der Waals surface area contributed by atoms with Crippen LogP contribution < -0.4 is 26.6 Å². The number of aliphatic hydroxyl groups is 2. The number of thioether (sulfide) groups is 1. The number of aliphatic carboxylic acids is 2. The lowest BCUT2D eigenvalue weighted by molar-refractivity contribution is -0.141. The molecule has 3 heterocycles. The molecule has 0 aliphatic carbocycles. The summed E-state index contributed by atoms with van der Waals surface area (Å²) in [6, 6.07) is 6.08. The highest BCUT2D eigenvalue weighted by Gasteiger charge is 2.42. The number of nitrogens with zero attached hydrogens (tertiary/aromatic N) is 4. The third-order valence-electron chi connectivity index (χ3n) is 10.7. The lowest BCUT2D eigenvalue weighted by Gasteiger charge is -2.37. The van der Waals surface area contributed by atoms with Gasteiger partial charge in [-0.05, 0) is 49.8 Å². The number of nitrogens with one attached hydrogen (secondary N) is 5. The maximum absolute atomic E-state index is 12.6. The van der Waals surface area contributed by atoms with Crippen LogP contribution in [0.15, 0.2) is 24.3 Å². The molecule has 9 N–H and O–H groups in total. The van der Waals surface area contributed by atoms with Gasteiger partial charge in [0.05, 0.1) is 38.6 Å². The summed E-state index contributed by atoms with van der Waals surface area (Å²) in [5.41, 5.74) is 1.25. The number of carbonyl (C=O) groups is 6. The van der Waals surface area contributed by atoms with Gasteiger partial charge in [0, 0.05) is 87.9 Å². The van der Waals surface area contributed by atoms with E-state index in [0.29, 0.717) is 88.9 Å². The SMILES string of the molecule is O=C(O)CN1CCN(CO)CCN(CO)CCN(CC(=O)O)C(Cc2ccc(NC(=O)NC(=O)CCCCCNC(=O)CCCCC3SCC4NC(=O)NC43)cc2)C1. The Hall–Kier alpha value is -4.05. The van der Waals surface area contributed by atoms with Crippen LogP contribution in [0.1, 0.15) is 56.9 Å². The molecule has 0 aromatic heterocycles. The highest BCUT2D eigenvalue weighted by Crippen LogP contribution is 2.33. The summed E-state index contributed by atoms with van der Waals surface area (Å²) in [4.78, 5) is 79.5. The smallest absolute Gasteiger partial charge is 0.325 e. The zero-order chi connectivity index (χ0) is 41.9. The topological polar surface area (TPSA) is 256 Å². The van der Waals surface area contributed by atoms with Gasteiger partial charge in [0.1, 0.15) is 0 Å². The van der Waals surface area contributed by atoms with E-state index in [1.807, 2.05) is 11.8 Å². The Morgan fingerprint density at radius 1 is 0.759 bits per heavy atom. The molecule has 6 amide bonds. The molecule has 3 aliphatic rings. The quantitative estimate of drug-likeness (QED) is 0.0616. The van der Waals surface area contributed by atoms with E-state index in [4.69, 9.17) is 0 Å². The number of fused-ring (bicyclic) bond motifs is 1. The molecule has 0 saturated carbocycles. The van der Waals surface area contributed by atoms with Gasteiger partial charge in [0.2, 0.25) is 11.8 Å². The first-order valence-electron chi connectivity index (χ1n) is 20.1. The predicted octanol–water partition coefficient (Wildman–Crippen LogP) is -0.0614. The summed E-state index contributed by atoms with van der Waals surface area (Å²) < 4.78 is 0. The number of unbranched alkanes of at least 4 members (excludes halogenated alkanes) is 3. The van der Waals surface area contributed by atoms with E-state index < -0.39 is 29.9 Å². The van der Waals surface area contributed by atoms with Gasteiger partial charge in [-0.25, -0.2) is 9.59 Å². The van der Waals surface area contributed by atoms with Gasteiger partial charge in [0.15, 0.2) is 0 Å². The second-order valence-corrected chi connectivity index (χ2v) is 16.4. The third-order valence-corrected chi connectivity index (χ3v) is 12.2. The lowest BCUT2D eigenvalue weighted by Crippen LogP contribution is -2.53. The summed E-state index contributed by atoms with van der Waals surface area (Å²) in [5.74, 6) is -1.57. The molecular formula is C38H61N9O10S. The first-order chi connectivity index (χ1) is 27.9. The number of aliphatic hydroxyl groups excluding tert-OH is 2. The molecule has 0 radical (unpaired) electrons. The highest BCUT2D eigenvalue weighted by atomic mass is 32.2. The lowest BCUT2D eigenvalue weighted by atomic mass is 10.0. The molecule has 0 bridgehead atoms. The van der Waals surface area contributed by atoms with Gasteiger partial charge < -0.3 is 41.7 Å². The van der Waals surface area contributed by atoms with Crippen LogP contribution >= 0.6 is 11.8 Å². The van der Waals surface area contributed by atoms with Crippen LogP contribution in [0.4, 0.5) is 15.3 Å². The molecule has 20 heteroatoms. The van der Waals surface area contributed by atoms with Crippen LogP contribution in [-0.4, -0.2) is 184 Å². The van der Waals surface area contributed by atoms with Crippen molar-refractivity contribution in [1.82, 2.24) is 40.9 Å². The second-order valence-electron chi connectivity index (χ2n) is 15.1. The zero-order valence-electron chi connectivity index (χ0n) is 33.1. The van der Waals surface area contributed by atoms with E-state index in [0.717, 1.165) is 30.6 Å². The summed E-state index contributed by atoms with van der Waals surface area (Å²) in [6.07, 6.45) is 5.60. The molecule has 0 spiro atoms. The molecule has 3 saturated heterocycles. The second kappa shape index (κ2) is 24.8. The van der Waals surface area contributed by atoms with Crippen LogP contribution in [0.3, 0.4) is 0 Å². The van der Waals surface area contributed by atoms with Gasteiger partial charge in [-0.2, -0.15) is 11.8 Å². The normalized spacial score (nSPS) is 22.5. The Morgan fingerprint density at radius 2 is 1.40 bits per heavy atom. The van der Waals surface area contributed by atoms with Crippen molar-refractivity contribution in [2.75, 3.05) is 90.0 Å². The summed E-state index contributed by atoms with van der Waals surface area (Å²) in [7, 11) is 0. The number of rotatable bonds is 20. The largest absolute Gasteiger partial charge is 0.480 e. The predicted molar refractivity (Wildman–Crippen MR) is 217 cm³/mol. The first kappa shape index (κ1) is 46.6. The standard InChI is InChI=1S/C38H61N9O10S/c48-25-44-14-15-45(26-49)18-19-47(23-35(54)55)29(21-46(17-16-44)22-34(52)53)20-27-9-11-28(12-10-27)40-37(56)42-33(51)8-2-1-5-13-39-32(50)7-4-3-6-31-36-30(24-58-31)41-38(57)43-36/h9-12,29-31,36,48-49H,1-8,13-26H2,(H,39,50)(H,52,53)(H,54,55)(H2,41,43,57)(H2,40,42,51,56). The van der Waals surface area contributed by atoms with Gasteiger partial charge in [-0.1, -0.05) is 25.0 Å². The fourth-order valence-electron chi connectivity index (χ4n) is 7.47. The molecule has 4 atom stereocenters. The Bertz CT molecular complexity index is 1510. The minimum Gasteiger partial charge on any atom is -0.480 e. The molecule has 58 heavy (non-hydrogen) atoms. The van der Waals surface area contributed by atoms with Crippen molar-refractivity contribution in [3.63, 3.8) is 0 Å². The van der Waals surface area contributed by atoms with Crippen molar-refractivity contribution in [3.8, 4) is 0 Å². The molecule has 1 aromatic rings. The molecule has 19 nitrogen and oxygen atoms in total. The van der Waals surface area contributed by atoms with Crippen LogP contribution in [0.2, 0.25) is 0 Å². The third kappa shape index (κ3) is 16.7. The average molecular weight is 836 g/mol. The minimum atomic E-state index is -1.04. The summed E-state index contributed by atoms with van der Waals surface area (Å²) in [5, 5.41) is 53.3. The van der Waals surface area contributed by atoms with Crippen molar-refractivity contribution < 1.29 is 49.2 Å². The Kier molecular flexibility index (Phi) is 19.9. The summed E-state index contributed by atoms with van der Waals surface area (Å²) in [6.45, 7) is 1.97. The molecule has 324 valence electrons.